The van der Waals surface area contributed by atoms with Crippen molar-refractivity contribution in [2.75, 3.05) is 0 Å². The lowest BCUT2D eigenvalue weighted by Gasteiger charge is -2.17. The van der Waals surface area contributed by atoms with E-state index in [1.54, 1.807) is 6.07 Å². The molecule has 0 radical (unpaired) electrons. The van der Waals surface area contributed by atoms with Gasteiger partial charge < -0.3 is 16.3 Å². The summed E-state index contributed by atoms with van der Waals surface area (Å²) in [5, 5.41) is 7.63. The number of Topliss-reactive ketones (excluding diaryl/α,β-unsaturated/α-hetero) is 1. The number of amides is 1. The molecule has 1 aromatic rings. The van der Waals surface area contributed by atoms with Gasteiger partial charge >= 0.3 is 5.97 Å². The number of amidine groups is 1. The number of carbonyl (C=O) groups excluding carboxylic acids is 3. The fraction of sp³-hybridized carbons (Fsp3) is 0.333. The van der Waals surface area contributed by atoms with Crippen LogP contribution < -0.4 is 17.4 Å². The minimum atomic E-state index is -0.679. The summed E-state index contributed by atoms with van der Waals surface area (Å²) in [6.45, 7) is 0. The quantitative estimate of drug-likeness (QED) is 0.290. The van der Waals surface area contributed by atoms with E-state index in [0.717, 1.165) is 0 Å². The Bertz CT molecular complexity index is 663. The third kappa shape index (κ3) is 5.64. The van der Waals surface area contributed by atoms with E-state index in [9.17, 15) is 14.4 Å². The van der Waals surface area contributed by atoms with Crippen LogP contribution in [0.4, 0.5) is 0 Å². The summed E-state index contributed by atoms with van der Waals surface area (Å²) in [6.07, 6.45) is -0.0708. The Morgan fingerprint density at radius 1 is 1.17 bits per heavy atom. The second-order valence-corrected chi connectivity index (χ2v) is 5.57. The molecule has 24 heavy (non-hydrogen) atoms. The van der Waals surface area contributed by atoms with Gasteiger partial charge in [0.1, 0.15) is 11.6 Å². The van der Waals surface area contributed by atoms with Gasteiger partial charge in [0.25, 0.3) is 0 Å². The lowest BCUT2D eigenvalue weighted by molar-refractivity contribution is -0.144. The summed E-state index contributed by atoms with van der Waals surface area (Å²) in [4.78, 5) is 38.6. The third-order valence-corrected chi connectivity index (χ3v) is 3.77. The van der Waals surface area contributed by atoms with Crippen LogP contribution in [0.2, 0.25) is 5.02 Å². The summed E-state index contributed by atoms with van der Waals surface area (Å²) in [7, 11) is 0. The predicted octanol–water partition coefficient (Wildman–Crippen LogP) is 0.739. The number of nitrogens with two attached hydrogens (primary N) is 3. The summed E-state index contributed by atoms with van der Waals surface area (Å²) >= 11 is 6.07. The highest BCUT2D eigenvalue weighted by Crippen LogP contribution is 2.28. The monoisotopic (exact) mass is 354 g/mol. The first-order valence-electron chi connectivity index (χ1n) is 7.10. The van der Waals surface area contributed by atoms with E-state index >= 15 is 0 Å². The number of carbonyl (C=O) groups is 3. The zero-order valence-corrected chi connectivity index (χ0v) is 13.6. The van der Waals surface area contributed by atoms with Gasteiger partial charge in [-0.2, -0.15) is 5.90 Å². The van der Waals surface area contributed by atoms with Crippen LogP contribution in [0.25, 0.3) is 0 Å². The van der Waals surface area contributed by atoms with Crippen LogP contribution in [0.15, 0.2) is 18.2 Å². The molecule has 0 saturated heterocycles. The van der Waals surface area contributed by atoms with E-state index in [1.165, 1.54) is 12.1 Å². The Balaban J connectivity index is 3.04. The summed E-state index contributed by atoms with van der Waals surface area (Å²) in [6, 6.07) is 4.64. The van der Waals surface area contributed by atoms with Crippen molar-refractivity contribution >= 4 is 35.1 Å². The van der Waals surface area contributed by atoms with Crippen LogP contribution in [0, 0.1) is 5.41 Å². The van der Waals surface area contributed by atoms with Crippen LogP contribution >= 0.6 is 11.6 Å². The number of nitrogens with one attached hydrogen (secondary N) is 1. The lowest BCUT2D eigenvalue weighted by Crippen LogP contribution is -2.19. The van der Waals surface area contributed by atoms with Gasteiger partial charge in [-0.05, 0) is 24.1 Å². The van der Waals surface area contributed by atoms with Crippen LogP contribution in [-0.4, -0.2) is 23.5 Å². The number of benzene rings is 1. The van der Waals surface area contributed by atoms with Crippen molar-refractivity contribution < 1.29 is 19.2 Å². The van der Waals surface area contributed by atoms with Crippen molar-refractivity contribution in [2.45, 2.75) is 31.6 Å². The second-order valence-electron chi connectivity index (χ2n) is 5.17. The van der Waals surface area contributed by atoms with Gasteiger partial charge in [-0.25, -0.2) is 0 Å². The number of hydrogen-bond acceptors (Lipinski definition) is 6. The Morgan fingerprint density at radius 2 is 1.83 bits per heavy atom. The molecule has 1 amide bonds. The molecule has 130 valence electrons. The van der Waals surface area contributed by atoms with Gasteiger partial charge in [-0.3, -0.25) is 19.8 Å². The van der Waals surface area contributed by atoms with Crippen molar-refractivity contribution in [3.05, 3.63) is 34.3 Å². The van der Waals surface area contributed by atoms with E-state index in [1.807, 2.05) is 0 Å². The zero-order valence-electron chi connectivity index (χ0n) is 12.9. The maximum atomic E-state index is 12.4. The molecule has 0 aromatic heterocycles. The molecule has 0 spiro atoms. The van der Waals surface area contributed by atoms with E-state index in [4.69, 9.17) is 34.4 Å². The summed E-state index contributed by atoms with van der Waals surface area (Å²) in [5.74, 6) is 2.41. The minimum absolute atomic E-state index is 0.0518. The first-order chi connectivity index (χ1) is 11.3. The Kier molecular flexibility index (Phi) is 7.34. The lowest BCUT2D eigenvalue weighted by atomic mass is 9.87. The van der Waals surface area contributed by atoms with Gasteiger partial charge in [-0.15, -0.1) is 0 Å². The van der Waals surface area contributed by atoms with Gasteiger partial charge in [0.05, 0.1) is 5.02 Å². The van der Waals surface area contributed by atoms with Gasteiger partial charge in [0.15, 0.2) is 0 Å². The van der Waals surface area contributed by atoms with Crippen molar-refractivity contribution in [1.82, 2.24) is 0 Å². The highest BCUT2D eigenvalue weighted by Gasteiger charge is 2.23. The highest BCUT2D eigenvalue weighted by molar-refractivity contribution is 6.34. The fourth-order valence-corrected chi connectivity index (χ4v) is 2.51. The second kappa shape index (κ2) is 8.99. The standard InChI is InChI=1S/C15H19ClN4O4/c16-11-7-8(1-2-10(11)15(18)19)9(3-6-14(23)24-20)12(21)4-5-13(17)22/h1-2,7,9H,3-6,20H2,(H2,17,22)(H3,18,19). The Hall–Kier alpha value is -2.45. The van der Waals surface area contributed by atoms with Crippen molar-refractivity contribution in [2.24, 2.45) is 17.4 Å². The first kappa shape index (κ1) is 19.6. The van der Waals surface area contributed by atoms with E-state index < -0.39 is 17.8 Å². The van der Waals surface area contributed by atoms with Crippen molar-refractivity contribution in [3.63, 3.8) is 0 Å². The molecule has 0 aliphatic rings. The number of nitrogen functional groups attached to an aromatic ring is 1. The number of primary amides is 1. The van der Waals surface area contributed by atoms with Gasteiger partial charge in [0, 0.05) is 30.7 Å². The molecule has 0 fully saturated rings. The molecule has 0 aliphatic carbocycles. The largest absolute Gasteiger partial charge is 0.384 e. The van der Waals surface area contributed by atoms with Gasteiger partial charge in [-0.1, -0.05) is 17.7 Å². The summed E-state index contributed by atoms with van der Waals surface area (Å²) in [5.41, 5.74) is 11.3. The van der Waals surface area contributed by atoms with Crippen LogP contribution in [0.3, 0.4) is 0 Å². The molecule has 9 heteroatoms. The molecular formula is C15H19ClN4O4. The summed E-state index contributed by atoms with van der Waals surface area (Å²) < 4.78 is 0. The average Bonchev–Trinajstić information content (AvgIpc) is 2.52. The average molecular weight is 355 g/mol. The Morgan fingerprint density at radius 3 is 2.33 bits per heavy atom. The smallest absolute Gasteiger partial charge is 0.324 e. The molecule has 1 unspecified atom stereocenters. The molecule has 0 bridgehead atoms. The van der Waals surface area contributed by atoms with Crippen molar-refractivity contribution in [1.29, 1.82) is 5.41 Å². The molecule has 1 aromatic carbocycles. The van der Waals surface area contributed by atoms with Crippen LogP contribution in [-0.2, 0) is 19.2 Å². The number of rotatable bonds is 9. The maximum Gasteiger partial charge on any atom is 0.324 e. The maximum absolute atomic E-state index is 12.4. The molecule has 0 saturated carbocycles. The molecule has 1 rings (SSSR count). The topological polar surface area (TPSA) is 162 Å². The van der Waals surface area contributed by atoms with Crippen molar-refractivity contribution in [3.8, 4) is 0 Å². The molecule has 1 atom stereocenters. The predicted molar refractivity (Wildman–Crippen MR) is 88.2 cm³/mol. The molecule has 0 heterocycles. The number of hydrogen-bond donors (Lipinski definition) is 4. The normalized spacial score (nSPS) is 11.6. The molecule has 7 N–H and O–H groups in total. The van der Waals surface area contributed by atoms with Crippen LogP contribution in [0.1, 0.15) is 42.7 Å². The molecular weight excluding hydrogens is 336 g/mol. The molecule has 8 nitrogen and oxygen atoms in total. The fourth-order valence-electron chi connectivity index (χ4n) is 2.22. The molecule has 0 aliphatic heterocycles. The van der Waals surface area contributed by atoms with Gasteiger partial charge in [0.2, 0.25) is 5.91 Å². The number of halogens is 1. The third-order valence-electron chi connectivity index (χ3n) is 3.46. The number of ketones is 1. The van der Waals surface area contributed by atoms with Crippen LogP contribution in [0.5, 0.6) is 0 Å². The minimum Gasteiger partial charge on any atom is -0.384 e. The first-order valence-corrected chi connectivity index (χ1v) is 7.48. The highest BCUT2D eigenvalue weighted by atomic mass is 35.5. The Labute approximate surface area is 143 Å². The SMILES string of the molecule is N=C(N)c1ccc(C(CCC(=O)ON)C(=O)CCC(N)=O)cc1Cl. The van der Waals surface area contributed by atoms with E-state index in [2.05, 4.69) is 4.84 Å². The zero-order chi connectivity index (χ0) is 18.3. The van der Waals surface area contributed by atoms with E-state index in [-0.39, 0.29) is 42.3 Å². The van der Waals surface area contributed by atoms with E-state index in [0.29, 0.717) is 11.1 Å².